The monoisotopic (exact) mass is 362 g/mol. The van der Waals surface area contributed by atoms with Crippen molar-refractivity contribution in [3.8, 4) is 6.07 Å². The average Bonchev–Trinajstić information content (AvgIpc) is 2.65. The molecule has 2 N–H and O–H groups in total. The van der Waals surface area contributed by atoms with Gasteiger partial charge in [0.15, 0.2) is 5.78 Å². The largest absolute Gasteiger partial charge is 0.478 e. The Kier molecular flexibility index (Phi) is 6.61. The molecule has 0 heterocycles. The highest BCUT2D eigenvalue weighted by atomic mass is 16.4. The highest BCUT2D eigenvalue weighted by Crippen LogP contribution is 2.16. The van der Waals surface area contributed by atoms with Crippen LogP contribution in [-0.2, 0) is 16.0 Å². The lowest BCUT2D eigenvalue weighted by Gasteiger charge is -2.16. The molecule has 0 spiro atoms. The van der Waals surface area contributed by atoms with E-state index < -0.39 is 23.7 Å². The van der Waals surface area contributed by atoms with E-state index in [0.29, 0.717) is 0 Å². The van der Waals surface area contributed by atoms with Crippen LogP contribution in [0.4, 0.5) is 0 Å². The number of Topliss-reactive ketones (excluding diaryl/α,β-unsaturated/α-hetero) is 1. The minimum Gasteiger partial charge on any atom is -0.478 e. The van der Waals surface area contributed by atoms with Crippen LogP contribution in [-0.4, -0.2) is 28.8 Å². The first-order valence-corrected chi connectivity index (χ1v) is 8.21. The summed E-state index contributed by atoms with van der Waals surface area (Å²) < 4.78 is 0. The molecular formula is C21H18N2O4. The van der Waals surface area contributed by atoms with E-state index in [4.69, 9.17) is 0 Å². The van der Waals surface area contributed by atoms with Crippen LogP contribution in [0, 0.1) is 11.3 Å². The second-order valence-corrected chi connectivity index (χ2v) is 5.87. The third-order valence-electron chi connectivity index (χ3n) is 3.85. The number of amides is 1. The average molecular weight is 362 g/mol. The third-order valence-corrected chi connectivity index (χ3v) is 3.85. The van der Waals surface area contributed by atoms with Gasteiger partial charge in [-0.15, -0.1) is 0 Å². The van der Waals surface area contributed by atoms with E-state index in [1.54, 1.807) is 12.1 Å². The zero-order chi connectivity index (χ0) is 19.8. The maximum absolute atomic E-state index is 12.8. The summed E-state index contributed by atoms with van der Waals surface area (Å²) >= 11 is 0. The van der Waals surface area contributed by atoms with E-state index in [2.05, 4.69) is 5.32 Å². The van der Waals surface area contributed by atoms with Crippen LogP contribution in [0.15, 0.2) is 60.2 Å². The number of carbonyl (C=O) groups is 3. The lowest BCUT2D eigenvalue weighted by Crippen LogP contribution is -2.41. The Morgan fingerprint density at radius 3 is 2.33 bits per heavy atom. The van der Waals surface area contributed by atoms with Gasteiger partial charge >= 0.3 is 5.97 Å². The van der Waals surface area contributed by atoms with E-state index in [-0.39, 0.29) is 23.1 Å². The van der Waals surface area contributed by atoms with Crippen molar-refractivity contribution in [3.05, 3.63) is 76.9 Å². The molecule has 1 amide bonds. The fraction of sp³-hybridized carbons (Fsp3) is 0.143. The Morgan fingerprint density at radius 1 is 1.11 bits per heavy atom. The van der Waals surface area contributed by atoms with Crippen molar-refractivity contribution in [2.45, 2.75) is 19.4 Å². The summed E-state index contributed by atoms with van der Waals surface area (Å²) in [6.07, 6.45) is 1.46. The maximum atomic E-state index is 12.8. The third kappa shape index (κ3) is 5.38. The Labute approximate surface area is 156 Å². The molecule has 1 atom stereocenters. The maximum Gasteiger partial charge on any atom is 0.336 e. The van der Waals surface area contributed by atoms with E-state index >= 15 is 0 Å². The van der Waals surface area contributed by atoms with Crippen molar-refractivity contribution in [2.75, 3.05) is 0 Å². The van der Waals surface area contributed by atoms with Gasteiger partial charge in [0, 0.05) is 13.3 Å². The van der Waals surface area contributed by atoms with E-state index in [0.717, 1.165) is 5.56 Å². The predicted molar refractivity (Wildman–Crippen MR) is 99.7 cm³/mol. The minimum absolute atomic E-state index is 0.0165. The van der Waals surface area contributed by atoms with E-state index in [9.17, 15) is 24.8 Å². The van der Waals surface area contributed by atoms with Gasteiger partial charge in [-0.3, -0.25) is 9.59 Å². The number of carboxylic acids is 1. The number of ketones is 1. The van der Waals surface area contributed by atoms with Crippen molar-refractivity contribution in [1.82, 2.24) is 5.32 Å². The van der Waals surface area contributed by atoms with Crippen molar-refractivity contribution < 1.29 is 19.5 Å². The standard InChI is InChI=1S/C21H18N2O4/c1-14(24)23-19(11-15-7-3-2-4-8-15)20(25)17(13-22)12-16-9-5-6-10-18(16)21(26)27/h2-10,12,19H,11H2,1H3,(H,23,24)(H,26,27)/b17-12+/t19-/m0/s1. The van der Waals surface area contributed by atoms with Gasteiger partial charge in [-0.2, -0.15) is 5.26 Å². The summed E-state index contributed by atoms with van der Waals surface area (Å²) in [6.45, 7) is 1.29. The summed E-state index contributed by atoms with van der Waals surface area (Å²) in [5.41, 5.74) is 0.833. The van der Waals surface area contributed by atoms with Crippen LogP contribution in [0.1, 0.15) is 28.4 Å². The van der Waals surface area contributed by atoms with E-state index in [1.165, 1.54) is 25.1 Å². The highest BCUT2D eigenvalue weighted by Gasteiger charge is 2.24. The molecule has 6 nitrogen and oxygen atoms in total. The number of nitriles is 1. The van der Waals surface area contributed by atoms with Crippen molar-refractivity contribution in [1.29, 1.82) is 5.26 Å². The minimum atomic E-state index is -1.16. The Morgan fingerprint density at radius 2 is 1.74 bits per heavy atom. The van der Waals surface area contributed by atoms with Gasteiger partial charge in [-0.05, 0) is 23.3 Å². The first-order valence-electron chi connectivity index (χ1n) is 8.21. The summed E-state index contributed by atoms with van der Waals surface area (Å²) in [6, 6.07) is 16.1. The van der Waals surface area contributed by atoms with Crippen molar-refractivity contribution in [3.63, 3.8) is 0 Å². The number of nitrogens with zero attached hydrogens (tertiary/aromatic N) is 1. The number of hydrogen-bond acceptors (Lipinski definition) is 4. The number of carbonyl (C=O) groups excluding carboxylic acids is 2. The zero-order valence-electron chi connectivity index (χ0n) is 14.7. The molecule has 6 heteroatoms. The zero-order valence-corrected chi connectivity index (χ0v) is 14.7. The topological polar surface area (TPSA) is 107 Å². The quantitative estimate of drug-likeness (QED) is 0.581. The number of hydrogen-bond donors (Lipinski definition) is 2. The van der Waals surface area contributed by atoms with Gasteiger partial charge in [-0.1, -0.05) is 48.5 Å². The molecular weight excluding hydrogens is 344 g/mol. The number of rotatable bonds is 7. The fourth-order valence-electron chi connectivity index (χ4n) is 2.62. The number of nitrogens with one attached hydrogen (secondary N) is 1. The number of benzene rings is 2. The summed E-state index contributed by atoms with van der Waals surface area (Å²) in [5, 5.41) is 21.3. The highest BCUT2D eigenvalue weighted by molar-refractivity contribution is 6.08. The molecule has 27 heavy (non-hydrogen) atoms. The second kappa shape index (κ2) is 9.11. The number of carboxylic acid groups (broad SMARTS) is 1. The van der Waals surface area contributed by atoms with Crippen LogP contribution in [0.3, 0.4) is 0 Å². The van der Waals surface area contributed by atoms with Crippen molar-refractivity contribution >= 4 is 23.7 Å². The van der Waals surface area contributed by atoms with Crippen LogP contribution in [0.5, 0.6) is 0 Å². The predicted octanol–water partition coefficient (Wildman–Crippen LogP) is 2.61. The van der Waals surface area contributed by atoms with Gasteiger partial charge in [-0.25, -0.2) is 4.79 Å². The summed E-state index contributed by atoms with van der Waals surface area (Å²) in [4.78, 5) is 35.7. The van der Waals surface area contributed by atoms with Crippen LogP contribution in [0.25, 0.3) is 6.08 Å². The summed E-state index contributed by atoms with van der Waals surface area (Å²) in [5.74, 6) is -2.13. The summed E-state index contributed by atoms with van der Waals surface area (Å²) in [7, 11) is 0. The first kappa shape index (κ1) is 19.6. The molecule has 2 aromatic rings. The molecule has 0 aliphatic rings. The molecule has 2 aromatic carbocycles. The lowest BCUT2D eigenvalue weighted by atomic mass is 9.95. The molecule has 0 unspecified atom stereocenters. The van der Waals surface area contributed by atoms with Gasteiger partial charge in [0.05, 0.1) is 17.2 Å². The van der Waals surface area contributed by atoms with Gasteiger partial charge < -0.3 is 10.4 Å². The van der Waals surface area contributed by atoms with E-state index in [1.807, 2.05) is 36.4 Å². The fourth-order valence-corrected chi connectivity index (χ4v) is 2.62. The molecule has 0 aromatic heterocycles. The Bertz CT molecular complexity index is 927. The van der Waals surface area contributed by atoms with Crippen LogP contribution in [0.2, 0.25) is 0 Å². The normalized spacial score (nSPS) is 11.9. The molecule has 0 aliphatic carbocycles. The van der Waals surface area contributed by atoms with Crippen molar-refractivity contribution in [2.24, 2.45) is 0 Å². The van der Waals surface area contributed by atoms with Crippen LogP contribution < -0.4 is 5.32 Å². The smallest absolute Gasteiger partial charge is 0.336 e. The van der Waals surface area contributed by atoms with Gasteiger partial charge in [0.25, 0.3) is 0 Å². The number of aromatic carboxylic acids is 1. The Hall–Kier alpha value is -3.72. The molecule has 0 bridgehead atoms. The lowest BCUT2D eigenvalue weighted by molar-refractivity contribution is -0.124. The van der Waals surface area contributed by atoms with Crippen LogP contribution >= 0.6 is 0 Å². The molecule has 0 saturated carbocycles. The molecule has 0 aliphatic heterocycles. The molecule has 2 rings (SSSR count). The molecule has 0 saturated heterocycles. The molecule has 136 valence electrons. The Balaban J connectivity index is 2.38. The molecule has 0 fully saturated rings. The van der Waals surface area contributed by atoms with Gasteiger partial charge in [0.1, 0.15) is 6.07 Å². The second-order valence-electron chi connectivity index (χ2n) is 5.87. The SMILES string of the molecule is CC(=O)N[C@@H](Cc1ccccc1)C(=O)/C(C#N)=C/c1ccccc1C(=O)O. The first-order chi connectivity index (χ1) is 12.9. The van der Waals surface area contributed by atoms with Gasteiger partial charge in [0.2, 0.25) is 5.91 Å². The molecule has 0 radical (unpaired) electrons.